The molecule has 2 aromatic heterocycles. The minimum absolute atomic E-state index is 0.505. The summed E-state index contributed by atoms with van der Waals surface area (Å²) < 4.78 is 0. The fourth-order valence-corrected chi connectivity index (χ4v) is 2.90. The first-order valence-corrected chi connectivity index (χ1v) is 7.36. The first-order chi connectivity index (χ1) is 9.74. The Morgan fingerprint density at radius 1 is 1.45 bits per heavy atom. The highest BCUT2D eigenvalue weighted by Gasteiger charge is 2.20. The third-order valence-corrected chi connectivity index (χ3v) is 4.10. The van der Waals surface area contributed by atoms with Crippen LogP contribution in [-0.4, -0.2) is 50.5 Å². The molecule has 0 radical (unpaired) electrons. The zero-order valence-electron chi connectivity index (χ0n) is 12.1. The van der Waals surface area contributed by atoms with E-state index < -0.39 is 0 Å². The largest absolute Gasteiger partial charge is 0.367 e. The lowest BCUT2D eigenvalue weighted by Crippen LogP contribution is -2.43. The van der Waals surface area contributed by atoms with Crippen molar-refractivity contribution in [3.8, 4) is 0 Å². The SMILES string of the molecule is C[C@H]1CCCN([C@H](C)CNc2ncnc3nc[nH]c23)C1. The van der Waals surface area contributed by atoms with E-state index in [1.807, 2.05) is 0 Å². The van der Waals surface area contributed by atoms with E-state index in [1.165, 1.54) is 25.9 Å². The highest BCUT2D eigenvalue weighted by atomic mass is 15.2. The van der Waals surface area contributed by atoms with Crippen LogP contribution >= 0.6 is 0 Å². The molecule has 0 saturated carbocycles. The molecule has 0 spiro atoms. The molecule has 0 bridgehead atoms. The van der Waals surface area contributed by atoms with Crippen molar-refractivity contribution in [1.82, 2.24) is 24.8 Å². The Balaban J connectivity index is 1.62. The number of aromatic amines is 1. The fraction of sp³-hybridized carbons (Fsp3) is 0.643. The number of nitrogens with zero attached hydrogens (tertiary/aromatic N) is 4. The molecule has 20 heavy (non-hydrogen) atoms. The first kappa shape index (κ1) is 13.3. The van der Waals surface area contributed by atoms with Crippen LogP contribution in [0.1, 0.15) is 26.7 Å². The van der Waals surface area contributed by atoms with Gasteiger partial charge in [-0.2, -0.15) is 0 Å². The molecule has 6 heteroatoms. The maximum Gasteiger partial charge on any atom is 0.182 e. The van der Waals surface area contributed by atoms with E-state index in [1.54, 1.807) is 12.7 Å². The van der Waals surface area contributed by atoms with Crippen molar-refractivity contribution in [2.24, 2.45) is 5.92 Å². The number of hydrogen-bond acceptors (Lipinski definition) is 5. The lowest BCUT2D eigenvalue weighted by Gasteiger charge is -2.35. The zero-order valence-corrected chi connectivity index (χ0v) is 12.1. The van der Waals surface area contributed by atoms with Crippen LogP contribution in [0, 0.1) is 5.92 Å². The Kier molecular flexibility index (Phi) is 3.82. The highest BCUT2D eigenvalue weighted by molar-refractivity contribution is 5.81. The van der Waals surface area contributed by atoms with Gasteiger partial charge in [0, 0.05) is 19.1 Å². The number of hydrogen-bond donors (Lipinski definition) is 2. The van der Waals surface area contributed by atoms with E-state index in [0.29, 0.717) is 11.7 Å². The van der Waals surface area contributed by atoms with Gasteiger partial charge in [0.15, 0.2) is 11.5 Å². The fourth-order valence-electron chi connectivity index (χ4n) is 2.90. The number of rotatable bonds is 4. The van der Waals surface area contributed by atoms with E-state index in [0.717, 1.165) is 23.8 Å². The second-order valence-corrected chi connectivity index (χ2v) is 5.80. The van der Waals surface area contributed by atoms with Gasteiger partial charge >= 0.3 is 0 Å². The summed E-state index contributed by atoms with van der Waals surface area (Å²) in [7, 11) is 0. The van der Waals surface area contributed by atoms with E-state index in [-0.39, 0.29) is 0 Å². The Labute approximate surface area is 119 Å². The molecular weight excluding hydrogens is 252 g/mol. The highest BCUT2D eigenvalue weighted by Crippen LogP contribution is 2.19. The van der Waals surface area contributed by atoms with Gasteiger partial charge in [0.1, 0.15) is 11.8 Å². The Morgan fingerprint density at radius 2 is 2.35 bits per heavy atom. The number of likely N-dealkylation sites (tertiary alicyclic amines) is 1. The number of aromatic nitrogens is 4. The number of imidazole rings is 1. The van der Waals surface area contributed by atoms with Crippen LogP contribution in [-0.2, 0) is 0 Å². The summed E-state index contributed by atoms with van der Waals surface area (Å²) in [5.41, 5.74) is 1.59. The molecule has 3 heterocycles. The van der Waals surface area contributed by atoms with E-state index >= 15 is 0 Å². The predicted octanol–water partition coefficient (Wildman–Crippen LogP) is 1.89. The summed E-state index contributed by atoms with van der Waals surface area (Å²) in [5.74, 6) is 1.65. The van der Waals surface area contributed by atoms with Gasteiger partial charge in [-0.3, -0.25) is 4.90 Å². The molecule has 0 aliphatic carbocycles. The van der Waals surface area contributed by atoms with Gasteiger partial charge in [-0.05, 0) is 32.2 Å². The smallest absolute Gasteiger partial charge is 0.182 e. The summed E-state index contributed by atoms with van der Waals surface area (Å²) in [6.07, 6.45) is 5.88. The van der Waals surface area contributed by atoms with Crippen molar-refractivity contribution in [2.45, 2.75) is 32.7 Å². The molecule has 2 atom stereocenters. The second kappa shape index (κ2) is 5.75. The molecule has 108 valence electrons. The van der Waals surface area contributed by atoms with Crippen molar-refractivity contribution < 1.29 is 0 Å². The van der Waals surface area contributed by atoms with Gasteiger partial charge in [-0.15, -0.1) is 0 Å². The molecule has 2 N–H and O–H groups in total. The van der Waals surface area contributed by atoms with Crippen LogP contribution in [0.4, 0.5) is 5.82 Å². The molecular formula is C14H22N6. The second-order valence-electron chi connectivity index (χ2n) is 5.80. The quantitative estimate of drug-likeness (QED) is 0.891. The molecule has 0 amide bonds. The van der Waals surface area contributed by atoms with Gasteiger partial charge in [-0.1, -0.05) is 6.92 Å². The van der Waals surface area contributed by atoms with E-state index in [4.69, 9.17) is 0 Å². The molecule has 1 aliphatic rings. The van der Waals surface area contributed by atoms with Crippen molar-refractivity contribution in [2.75, 3.05) is 25.0 Å². The third-order valence-electron chi connectivity index (χ3n) is 4.10. The van der Waals surface area contributed by atoms with Crippen LogP contribution < -0.4 is 5.32 Å². The number of fused-ring (bicyclic) bond motifs is 1. The van der Waals surface area contributed by atoms with Crippen LogP contribution in [0.5, 0.6) is 0 Å². The molecule has 1 fully saturated rings. The molecule has 0 aromatic carbocycles. The number of anilines is 1. The number of piperidine rings is 1. The number of nitrogens with one attached hydrogen (secondary N) is 2. The Morgan fingerprint density at radius 3 is 3.20 bits per heavy atom. The minimum Gasteiger partial charge on any atom is -0.367 e. The summed E-state index contributed by atoms with van der Waals surface area (Å²) in [6.45, 7) is 7.90. The molecule has 2 aromatic rings. The van der Waals surface area contributed by atoms with Crippen molar-refractivity contribution >= 4 is 17.0 Å². The Bertz CT molecular complexity index is 566. The standard InChI is InChI=1S/C14H22N6/c1-10-4-3-5-20(7-10)11(2)6-15-13-12-14(17-8-16-12)19-9-18-13/h8-11H,3-7H2,1-2H3,(H2,15,16,17,18,19)/t10-,11+/m0/s1. The van der Waals surface area contributed by atoms with Crippen LogP contribution in [0.25, 0.3) is 11.2 Å². The van der Waals surface area contributed by atoms with Gasteiger partial charge in [0.2, 0.25) is 0 Å². The maximum absolute atomic E-state index is 4.30. The van der Waals surface area contributed by atoms with Crippen molar-refractivity contribution in [3.05, 3.63) is 12.7 Å². The van der Waals surface area contributed by atoms with Gasteiger partial charge in [0.25, 0.3) is 0 Å². The Hall–Kier alpha value is -1.69. The monoisotopic (exact) mass is 274 g/mol. The summed E-state index contributed by atoms with van der Waals surface area (Å²) in [6, 6.07) is 0.505. The normalized spacial score (nSPS) is 22.0. The molecule has 3 rings (SSSR count). The topological polar surface area (TPSA) is 69.7 Å². The summed E-state index contributed by atoms with van der Waals surface area (Å²) in [5, 5.41) is 3.42. The van der Waals surface area contributed by atoms with Gasteiger partial charge in [0.05, 0.1) is 6.33 Å². The van der Waals surface area contributed by atoms with E-state index in [2.05, 4.69) is 44.0 Å². The zero-order chi connectivity index (χ0) is 13.9. The van der Waals surface area contributed by atoms with E-state index in [9.17, 15) is 0 Å². The predicted molar refractivity (Wildman–Crippen MR) is 79.6 cm³/mol. The summed E-state index contributed by atoms with van der Waals surface area (Å²) in [4.78, 5) is 18.2. The molecule has 1 aliphatic heterocycles. The maximum atomic E-state index is 4.30. The molecule has 0 unspecified atom stereocenters. The van der Waals surface area contributed by atoms with Gasteiger partial charge < -0.3 is 10.3 Å². The van der Waals surface area contributed by atoms with Crippen LogP contribution in [0.15, 0.2) is 12.7 Å². The number of H-pyrrole nitrogens is 1. The lowest BCUT2D eigenvalue weighted by atomic mass is 9.99. The molecule has 1 saturated heterocycles. The van der Waals surface area contributed by atoms with Gasteiger partial charge in [-0.25, -0.2) is 15.0 Å². The average Bonchev–Trinajstić information content (AvgIpc) is 2.93. The first-order valence-electron chi connectivity index (χ1n) is 7.36. The van der Waals surface area contributed by atoms with Crippen molar-refractivity contribution in [3.63, 3.8) is 0 Å². The van der Waals surface area contributed by atoms with Crippen molar-refractivity contribution in [1.29, 1.82) is 0 Å². The average molecular weight is 274 g/mol. The summed E-state index contributed by atoms with van der Waals surface area (Å²) >= 11 is 0. The third kappa shape index (κ3) is 2.75. The van der Waals surface area contributed by atoms with Crippen LogP contribution in [0.2, 0.25) is 0 Å². The molecule has 6 nitrogen and oxygen atoms in total. The lowest BCUT2D eigenvalue weighted by molar-refractivity contribution is 0.144. The minimum atomic E-state index is 0.505. The van der Waals surface area contributed by atoms with Crippen LogP contribution in [0.3, 0.4) is 0 Å².